The average Bonchev–Trinajstić information content (AvgIpc) is 3.15. The summed E-state index contributed by atoms with van der Waals surface area (Å²) in [5, 5.41) is 3.26. The molecule has 2 N–H and O–H groups in total. The fourth-order valence-corrected chi connectivity index (χ4v) is 4.31. The van der Waals surface area contributed by atoms with Crippen LogP contribution in [0.3, 0.4) is 0 Å². The van der Waals surface area contributed by atoms with Crippen LogP contribution >= 0.6 is 0 Å². The molecule has 118 valence electrons. The molecule has 2 unspecified atom stereocenters. The van der Waals surface area contributed by atoms with Crippen molar-refractivity contribution in [1.29, 1.82) is 0 Å². The van der Waals surface area contributed by atoms with Crippen molar-refractivity contribution in [2.75, 3.05) is 6.54 Å². The summed E-state index contributed by atoms with van der Waals surface area (Å²) in [6, 6.07) is 3.91. The lowest BCUT2D eigenvalue weighted by atomic mass is 10.1. The predicted molar refractivity (Wildman–Crippen MR) is 85.8 cm³/mol. The second-order valence-corrected chi connectivity index (χ2v) is 7.64. The predicted octanol–water partition coefficient (Wildman–Crippen LogP) is 2.49. The van der Waals surface area contributed by atoms with Crippen molar-refractivity contribution >= 4 is 10.0 Å². The summed E-state index contributed by atoms with van der Waals surface area (Å²) in [7, 11) is -3.41. The van der Waals surface area contributed by atoms with Gasteiger partial charge >= 0.3 is 0 Å². The summed E-state index contributed by atoms with van der Waals surface area (Å²) >= 11 is 0. The lowest BCUT2D eigenvalue weighted by Crippen LogP contribution is -2.28. The number of nitrogens with one attached hydrogen (secondary N) is 2. The number of benzene rings is 1. The highest BCUT2D eigenvalue weighted by Crippen LogP contribution is 2.34. The van der Waals surface area contributed by atoms with Crippen LogP contribution in [0.2, 0.25) is 0 Å². The zero-order chi connectivity index (χ0) is 15.6. The fourth-order valence-electron chi connectivity index (χ4n) is 2.72. The Morgan fingerprint density at radius 3 is 2.48 bits per heavy atom. The van der Waals surface area contributed by atoms with Gasteiger partial charge in [0.1, 0.15) is 0 Å². The normalized spacial score (nSPS) is 21.5. The number of hydrogen-bond donors (Lipinski definition) is 2. The first kappa shape index (κ1) is 16.5. The summed E-state index contributed by atoms with van der Waals surface area (Å²) in [4.78, 5) is 0.419. The van der Waals surface area contributed by atoms with E-state index in [4.69, 9.17) is 0 Å². The van der Waals surface area contributed by atoms with Crippen LogP contribution in [0.1, 0.15) is 43.4 Å². The molecule has 21 heavy (non-hydrogen) atoms. The number of rotatable bonds is 7. The summed E-state index contributed by atoms with van der Waals surface area (Å²) in [5.74, 6) is 0.506. The van der Waals surface area contributed by atoms with E-state index in [0.29, 0.717) is 17.4 Å². The highest BCUT2D eigenvalue weighted by molar-refractivity contribution is 7.89. The zero-order valence-electron chi connectivity index (χ0n) is 13.4. The Kier molecular flexibility index (Phi) is 5.07. The summed E-state index contributed by atoms with van der Waals surface area (Å²) < 4.78 is 28.0. The highest BCUT2D eigenvalue weighted by atomic mass is 32.2. The van der Waals surface area contributed by atoms with E-state index in [1.54, 1.807) is 0 Å². The molecule has 1 aliphatic rings. The Balaban J connectivity index is 2.25. The van der Waals surface area contributed by atoms with Crippen molar-refractivity contribution in [1.82, 2.24) is 10.0 Å². The number of aryl methyl sites for hydroxylation is 2. The van der Waals surface area contributed by atoms with E-state index >= 15 is 0 Å². The molecule has 2 atom stereocenters. The van der Waals surface area contributed by atoms with E-state index < -0.39 is 10.0 Å². The van der Waals surface area contributed by atoms with Gasteiger partial charge in [0.05, 0.1) is 4.90 Å². The Morgan fingerprint density at radius 1 is 1.19 bits per heavy atom. The molecule has 0 radical (unpaired) electrons. The molecule has 1 fully saturated rings. The van der Waals surface area contributed by atoms with E-state index in [1.165, 1.54) is 0 Å². The van der Waals surface area contributed by atoms with Gasteiger partial charge < -0.3 is 5.32 Å². The van der Waals surface area contributed by atoms with E-state index in [2.05, 4.69) is 17.0 Å². The first-order chi connectivity index (χ1) is 9.89. The van der Waals surface area contributed by atoms with E-state index in [1.807, 2.05) is 32.9 Å². The SMILES string of the molecule is CCNCc1cc(S(=O)(=O)NC2CC2CC)c(C)cc1C. The maximum absolute atomic E-state index is 12.6. The number of hydrogen-bond acceptors (Lipinski definition) is 3. The van der Waals surface area contributed by atoms with E-state index in [-0.39, 0.29) is 6.04 Å². The van der Waals surface area contributed by atoms with Gasteiger partial charge in [-0.1, -0.05) is 26.3 Å². The molecule has 0 aliphatic heterocycles. The van der Waals surface area contributed by atoms with Crippen LogP contribution in [-0.4, -0.2) is 21.0 Å². The van der Waals surface area contributed by atoms with Crippen molar-refractivity contribution in [2.45, 2.75) is 58.0 Å². The third-order valence-electron chi connectivity index (χ3n) is 4.24. The largest absolute Gasteiger partial charge is 0.313 e. The third-order valence-corrected chi connectivity index (χ3v) is 5.87. The zero-order valence-corrected chi connectivity index (χ0v) is 14.2. The minimum absolute atomic E-state index is 0.123. The maximum atomic E-state index is 12.6. The van der Waals surface area contributed by atoms with Gasteiger partial charge in [-0.3, -0.25) is 0 Å². The molecule has 0 bridgehead atoms. The van der Waals surface area contributed by atoms with Crippen molar-refractivity contribution < 1.29 is 8.42 Å². The maximum Gasteiger partial charge on any atom is 0.241 e. The topological polar surface area (TPSA) is 58.2 Å². The van der Waals surface area contributed by atoms with Crippen molar-refractivity contribution in [3.05, 3.63) is 28.8 Å². The van der Waals surface area contributed by atoms with Crippen molar-refractivity contribution in [2.24, 2.45) is 5.92 Å². The lowest BCUT2D eigenvalue weighted by Gasteiger charge is -2.14. The second-order valence-electron chi connectivity index (χ2n) is 5.96. The van der Waals surface area contributed by atoms with Crippen LogP contribution in [0, 0.1) is 19.8 Å². The quantitative estimate of drug-likeness (QED) is 0.813. The van der Waals surface area contributed by atoms with Gasteiger partial charge in [0, 0.05) is 12.6 Å². The van der Waals surface area contributed by atoms with Gasteiger partial charge in [-0.2, -0.15) is 0 Å². The molecule has 5 heteroatoms. The third kappa shape index (κ3) is 3.84. The first-order valence-electron chi connectivity index (χ1n) is 7.72. The standard InChI is InChI=1S/C16H26N2O2S/c1-5-13-8-15(13)18-21(19,20)16-9-14(10-17-6-2)11(3)7-12(16)4/h7,9,13,15,17-18H,5-6,8,10H2,1-4H3. The van der Waals surface area contributed by atoms with Crippen LogP contribution in [0.15, 0.2) is 17.0 Å². The first-order valence-corrected chi connectivity index (χ1v) is 9.20. The highest BCUT2D eigenvalue weighted by Gasteiger charge is 2.39. The summed E-state index contributed by atoms with van der Waals surface area (Å²) in [5.41, 5.74) is 2.99. The smallest absolute Gasteiger partial charge is 0.241 e. The van der Waals surface area contributed by atoms with Gasteiger partial charge in [0.2, 0.25) is 10.0 Å². The molecule has 1 saturated carbocycles. The number of sulfonamides is 1. The van der Waals surface area contributed by atoms with Crippen LogP contribution in [0.5, 0.6) is 0 Å². The Hall–Kier alpha value is -0.910. The molecule has 0 saturated heterocycles. The molecule has 1 aromatic rings. The van der Waals surface area contributed by atoms with E-state index in [0.717, 1.165) is 36.1 Å². The molecular weight excluding hydrogens is 284 g/mol. The molecule has 0 heterocycles. The summed E-state index contributed by atoms with van der Waals surface area (Å²) in [6.45, 7) is 9.60. The molecule has 2 rings (SSSR count). The minimum Gasteiger partial charge on any atom is -0.313 e. The summed E-state index contributed by atoms with van der Waals surface area (Å²) in [6.07, 6.45) is 2.00. The monoisotopic (exact) mass is 310 g/mol. The van der Waals surface area contributed by atoms with E-state index in [9.17, 15) is 8.42 Å². The Bertz CT molecular complexity index is 611. The van der Waals surface area contributed by atoms with Crippen LogP contribution < -0.4 is 10.0 Å². The minimum atomic E-state index is -3.41. The molecule has 4 nitrogen and oxygen atoms in total. The molecule has 1 aliphatic carbocycles. The van der Waals surface area contributed by atoms with Crippen LogP contribution in [0.25, 0.3) is 0 Å². The van der Waals surface area contributed by atoms with Crippen LogP contribution in [0.4, 0.5) is 0 Å². The molecule has 0 amide bonds. The van der Waals surface area contributed by atoms with Gasteiger partial charge in [-0.05, 0) is 55.5 Å². The molecule has 1 aromatic carbocycles. The Labute approximate surface area is 128 Å². The van der Waals surface area contributed by atoms with Gasteiger partial charge in [-0.25, -0.2) is 13.1 Å². The molecular formula is C16H26N2O2S. The van der Waals surface area contributed by atoms with Crippen molar-refractivity contribution in [3.8, 4) is 0 Å². The van der Waals surface area contributed by atoms with Crippen molar-refractivity contribution in [3.63, 3.8) is 0 Å². The molecule has 0 aromatic heterocycles. The second kappa shape index (κ2) is 6.46. The average molecular weight is 310 g/mol. The molecule has 0 spiro atoms. The van der Waals surface area contributed by atoms with Gasteiger partial charge in [0.15, 0.2) is 0 Å². The van der Waals surface area contributed by atoms with Gasteiger partial charge in [0.25, 0.3) is 0 Å². The van der Waals surface area contributed by atoms with Crippen LogP contribution in [-0.2, 0) is 16.6 Å². The Morgan fingerprint density at radius 2 is 1.90 bits per heavy atom. The fraction of sp³-hybridized carbons (Fsp3) is 0.625. The van der Waals surface area contributed by atoms with Gasteiger partial charge in [-0.15, -0.1) is 0 Å². The lowest BCUT2D eigenvalue weighted by molar-refractivity contribution is 0.575.